The third-order valence-electron chi connectivity index (χ3n) is 3.23. The van der Waals surface area contributed by atoms with Crippen LogP contribution < -0.4 is 15.5 Å². The summed E-state index contributed by atoms with van der Waals surface area (Å²) in [5.74, 6) is 2.70. The number of benzene rings is 1. The van der Waals surface area contributed by atoms with Gasteiger partial charge in [0, 0.05) is 36.8 Å². The lowest BCUT2D eigenvalue weighted by molar-refractivity contribution is 0.251. The second-order valence-corrected chi connectivity index (χ2v) is 7.13. The summed E-state index contributed by atoms with van der Waals surface area (Å²) in [4.78, 5) is 14.0. The van der Waals surface area contributed by atoms with Crippen LogP contribution >= 0.6 is 23.4 Å². The molecule has 0 saturated carbocycles. The van der Waals surface area contributed by atoms with Gasteiger partial charge in [-0.2, -0.15) is 11.8 Å². The third kappa shape index (κ3) is 5.00. The average molecular weight is 328 g/mol. The van der Waals surface area contributed by atoms with Crippen molar-refractivity contribution in [3.63, 3.8) is 0 Å². The van der Waals surface area contributed by atoms with Crippen molar-refractivity contribution in [1.29, 1.82) is 0 Å². The van der Waals surface area contributed by atoms with Gasteiger partial charge in [-0.1, -0.05) is 25.4 Å². The Morgan fingerprint density at radius 3 is 2.71 bits per heavy atom. The summed E-state index contributed by atoms with van der Waals surface area (Å²) in [7, 11) is 0. The van der Waals surface area contributed by atoms with Gasteiger partial charge in [-0.05, 0) is 24.1 Å². The van der Waals surface area contributed by atoms with Crippen LogP contribution in [0.1, 0.15) is 13.8 Å². The van der Waals surface area contributed by atoms with Crippen LogP contribution in [0.4, 0.5) is 16.2 Å². The lowest BCUT2D eigenvalue weighted by Crippen LogP contribution is -2.33. The third-order valence-corrected chi connectivity index (χ3v) is 4.47. The Bertz CT molecular complexity index is 490. The van der Waals surface area contributed by atoms with E-state index in [9.17, 15) is 4.79 Å². The summed E-state index contributed by atoms with van der Waals surface area (Å²) in [6.07, 6.45) is 0. The molecule has 0 spiro atoms. The van der Waals surface area contributed by atoms with Crippen LogP contribution in [0, 0.1) is 5.92 Å². The number of anilines is 2. The molecular formula is C15H22ClN3OS. The van der Waals surface area contributed by atoms with E-state index in [1.807, 2.05) is 30.0 Å². The molecule has 1 heterocycles. The maximum Gasteiger partial charge on any atom is 0.319 e. The molecule has 4 nitrogen and oxygen atoms in total. The van der Waals surface area contributed by atoms with Crippen molar-refractivity contribution >= 4 is 40.8 Å². The number of carbonyl (C=O) groups is 1. The average Bonchev–Trinajstić information content (AvgIpc) is 2.46. The highest BCUT2D eigenvalue weighted by atomic mass is 35.5. The van der Waals surface area contributed by atoms with Gasteiger partial charge in [0.2, 0.25) is 0 Å². The fourth-order valence-electron chi connectivity index (χ4n) is 2.12. The fourth-order valence-corrected chi connectivity index (χ4v) is 3.32. The van der Waals surface area contributed by atoms with Gasteiger partial charge < -0.3 is 15.5 Å². The summed E-state index contributed by atoms with van der Waals surface area (Å²) in [5.41, 5.74) is 1.77. The molecule has 0 bridgehead atoms. The lowest BCUT2D eigenvalue weighted by Gasteiger charge is -2.29. The van der Waals surface area contributed by atoms with Crippen molar-refractivity contribution in [2.24, 2.45) is 5.92 Å². The van der Waals surface area contributed by atoms with E-state index in [1.165, 1.54) is 0 Å². The summed E-state index contributed by atoms with van der Waals surface area (Å²) >= 11 is 8.32. The zero-order valence-electron chi connectivity index (χ0n) is 12.5. The number of urea groups is 1. The highest BCUT2D eigenvalue weighted by Crippen LogP contribution is 2.30. The van der Waals surface area contributed by atoms with Crippen molar-refractivity contribution in [3.05, 3.63) is 23.2 Å². The highest BCUT2D eigenvalue weighted by molar-refractivity contribution is 7.99. The molecule has 1 aromatic rings. The fraction of sp³-hybridized carbons (Fsp3) is 0.533. The maximum atomic E-state index is 11.7. The Hall–Kier alpha value is -1.07. The molecular weight excluding hydrogens is 306 g/mol. The molecule has 1 aliphatic rings. The molecule has 1 saturated heterocycles. The maximum absolute atomic E-state index is 11.7. The van der Waals surface area contributed by atoms with E-state index < -0.39 is 0 Å². The normalized spacial score (nSPS) is 15.1. The number of hydrogen-bond acceptors (Lipinski definition) is 3. The number of amides is 2. The molecule has 2 N–H and O–H groups in total. The van der Waals surface area contributed by atoms with Crippen molar-refractivity contribution in [3.8, 4) is 0 Å². The number of thioether (sulfide) groups is 1. The largest absolute Gasteiger partial charge is 0.369 e. The monoisotopic (exact) mass is 327 g/mol. The molecule has 0 aliphatic carbocycles. The predicted octanol–water partition coefficient (Wildman–Crippen LogP) is 3.67. The molecule has 0 aromatic heterocycles. The number of halogens is 1. The Morgan fingerprint density at radius 2 is 2.10 bits per heavy atom. The van der Waals surface area contributed by atoms with Gasteiger partial charge in [0.25, 0.3) is 0 Å². The summed E-state index contributed by atoms with van der Waals surface area (Å²) in [6.45, 7) is 6.81. The Kier molecular flexibility index (Phi) is 6.06. The lowest BCUT2D eigenvalue weighted by atomic mass is 10.2. The first kappa shape index (κ1) is 16.3. The zero-order chi connectivity index (χ0) is 15.2. The molecule has 6 heteroatoms. The van der Waals surface area contributed by atoms with E-state index >= 15 is 0 Å². The van der Waals surface area contributed by atoms with E-state index in [4.69, 9.17) is 11.6 Å². The minimum Gasteiger partial charge on any atom is -0.369 e. The van der Waals surface area contributed by atoms with Crippen molar-refractivity contribution in [1.82, 2.24) is 5.32 Å². The van der Waals surface area contributed by atoms with Crippen LogP contribution in [0.3, 0.4) is 0 Å². The van der Waals surface area contributed by atoms with E-state index in [-0.39, 0.29) is 6.03 Å². The summed E-state index contributed by atoms with van der Waals surface area (Å²) in [5, 5.41) is 6.32. The van der Waals surface area contributed by atoms with Gasteiger partial charge in [-0.15, -0.1) is 0 Å². The van der Waals surface area contributed by atoms with E-state index in [0.717, 1.165) is 36.0 Å². The second-order valence-electron chi connectivity index (χ2n) is 5.49. The van der Waals surface area contributed by atoms with Crippen LogP contribution in [0.15, 0.2) is 18.2 Å². The molecule has 0 unspecified atom stereocenters. The van der Waals surface area contributed by atoms with Crippen molar-refractivity contribution < 1.29 is 4.79 Å². The molecule has 1 fully saturated rings. The topological polar surface area (TPSA) is 44.4 Å². The van der Waals surface area contributed by atoms with E-state index in [1.54, 1.807) is 0 Å². The first-order valence-electron chi connectivity index (χ1n) is 7.23. The number of carbonyl (C=O) groups excluding carboxylic acids is 1. The molecule has 0 atom stereocenters. The molecule has 21 heavy (non-hydrogen) atoms. The molecule has 2 amide bonds. The van der Waals surface area contributed by atoms with Crippen LogP contribution in [-0.2, 0) is 0 Å². The number of nitrogens with zero attached hydrogens (tertiary/aromatic N) is 1. The highest BCUT2D eigenvalue weighted by Gasteiger charge is 2.14. The Morgan fingerprint density at radius 1 is 1.38 bits per heavy atom. The Balaban J connectivity index is 1.96. The van der Waals surface area contributed by atoms with Crippen LogP contribution in [0.2, 0.25) is 5.02 Å². The number of rotatable bonds is 4. The van der Waals surface area contributed by atoms with Crippen molar-refractivity contribution in [2.45, 2.75) is 13.8 Å². The molecule has 116 valence electrons. The molecule has 0 radical (unpaired) electrons. The first-order valence-corrected chi connectivity index (χ1v) is 8.76. The van der Waals surface area contributed by atoms with Crippen molar-refractivity contribution in [2.75, 3.05) is 41.4 Å². The molecule has 2 rings (SSSR count). The predicted molar refractivity (Wildman–Crippen MR) is 92.8 cm³/mol. The van der Waals surface area contributed by atoms with Gasteiger partial charge in [-0.3, -0.25) is 0 Å². The number of hydrogen-bond donors (Lipinski definition) is 2. The molecule has 1 aromatic carbocycles. The molecule has 1 aliphatic heterocycles. The SMILES string of the molecule is CC(C)CNC(=O)Nc1ccc(N2CCSCC2)c(Cl)c1. The minimum absolute atomic E-state index is 0.193. The second kappa shape index (κ2) is 7.80. The first-order chi connectivity index (χ1) is 10.1. The summed E-state index contributed by atoms with van der Waals surface area (Å²) < 4.78 is 0. The number of nitrogens with one attached hydrogen (secondary N) is 2. The van der Waals surface area contributed by atoms with Crippen LogP contribution in [0.5, 0.6) is 0 Å². The van der Waals surface area contributed by atoms with Crippen LogP contribution in [0.25, 0.3) is 0 Å². The van der Waals surface area contributed by atoms with Gasteiger partial charge in [0.1, 0.15) is 0 Å². The van der Waals surface area contributed by atoms with E-state index in [0.29, 0.717) is 17.5 Å². The van der Waals surface area contributed by atoms with Gasteiger partial charge in [0.15, 0.2) is 0 Å². The standard InChI is InChI=1S/C15H22ClN3OS/c1-11(2)10-17-15(20)18-12-3-4-14(13(16)9-12)19-5-7-21-8-6-19/h3-4,9,11H,5-8,10H2,1-2H3,(H2,17,18,20). The quantitative estimate of drug-likeness (QED) is 0.886. The van der Waals surface area contributed by atoms with Crippen LogP contribution in [-0.4, -0.2) is 37.2 Å². The van der Waals surface area contributed by atoms with E-state index in [2.05, 4.69) is 29.4 Å². The van der Waals surface area contributed by atoms with Gasteiger partial charge >= 0.3 is 6.03 Å². The summed E-state index contributed by atoms with van der Waals surface area (Å²) in [6, 6.07) is 5.50. The van der Waals surface area contributed by atoms with Gasteiger partial charge in [0.05, 0.1) is 10.7 Å². The minimum atomic E-state index is -0.193. The Labute approximate surface area is 135 Å². The van der Waals surface area contributed by atoms with Gasteiger partial charge in [-0.25, -0.2) is 4.79 Å². The smallest absolute Gasteiger partial charge is 0.319 e. The zero-order valence-corrected chi connectivity index (χ0v) is 14.1.